The zero-order chi connectivity index (χ0) is 19.8. The second-order valence-electron chi connectivity index (χ2n) is 8.99. The van der Waals surface area contributed by atoms with Crippen molar-refractivity contribution in [3.63, 3.8) is 0 Å². The van der Waals surface area contributed by atoms with Gasteiger partial charge in [-0.15, -0.1) is 0 Å². The molecule has 1 saturated heterocycles. The third kappa shape index (κ3) is 4.32. The molecule has 3 atom stereocenters. The summed E-state index contributed by atoms with van der Waals surface area (Å²) in [4.78, 5) is 2.70. The molecular weight excluding hydrogens is 387 g/mol. The number of hydrogen-bond donors (Lipinski definition) is 1. The van der Waals surface area contributed by atoms with Crippen LogP contribution in [0.5, 0.6) is 0 Å². The molecule has 5 rings (SSSR count). The highest BCUT2D eigenvalue weighted by molar-refractivity contribution is 6.33. The molecule has 0 radical (unpaired) electrons. The normalized spacial score (nSPS) is 27.2. The third-order valence-corrected chi connectivity index (χ3v) is 7.28. The maximum atomic E-state index is 13.5. The van der Waals surface area contributed by atoms with Crippen LogP contribution in [0.1, 0.15) is 37.8 Å². The summed E-state index contributed by atoms with van der Waals surface area (Å²) in [5.74, 6) is 2.22. The molecule has 1 aromatic carbocycles. The molecule has 154 valence electrons. The molecule has 0 spiro atoms. The number of piperidine rings is 1. The van der Waals surface area contributed by atoms with Crippen LogP contribution in [0, 0.1) is 23.6 Å². The summed E-state index contributed by atoms with van der Waals surface area (Å²) in [6.07, 6.45) is 7.17. The molecule has 1 aliphatic heterocycles. The van der Waals surface area contributed by atoms with Gasteiger partial charge in [-0.25, -0.2) is 4.39 Å². The van der Waals surface area contributed by atoms with Crippen molar-refractivity contribution in [2.45, 2.75) is 44.7 Å². The first-order valence-corrected chi connectivity index (χ1v) is 11.3. The van der Waals surface area contributed by atoms with E-state index in [0.717, 1.165) is 30.0 Å². The van der Waals surface area contributed by atoms with Crippen LogP contribution in [0.4, 0.5) is 4.39 Å². The van der Waals surface area contributed by atoms with E-state index < -0.39 is 0 Å². The van der Waals surface area contributed by atoms with E-state index in [4.69, 9.17) is 11.6 Å². The molecule has 0 amide bonds. The summed E-state index contributed by atoms with van der Waals surface area (Å²) < 4.78 is 13.5. The van der Waals surface area contributed by atoms with Gasteiger partial charge in [0.1, 0.15) is 5.82 Å². The van der Waals surface area contributed by atoms with Crippen LogP contribution in [-0.4, -0.2) is 40.8 Å². The van der Waals surface area contributed by atoms with Crippen LogP contribution in [0.25, 0.3) is 11.3 Å². The van der Waals surface area contributed by atoms with Gasteiger partial charge >= 0.3 is 0 Å². The number of halogens is 2. The van der Waals surface area contributed by atoms with Crippen molar-refractivity contribution >= 4 is 11.6 Å². The summed E-state index contributed by atoms with van der Waals surface area (Å²) in [6.45, 7) is 4.54. The molecule has 4 nitrogen and oxygen atoms in total. The smallest absolute Gasteiger partial charge is 0.123 e. The van der Waals surface area contributed by atoms with Gasteiger partial charge in [0, 0.05) is 37.8 Å². The van der Waals surface area contributed by atoms with Gasteiger partial charge in [0.15, 0.2) is 0 Å². The zero-order valence-corrected chi connectivity index (χ0v) is 17.4. The number of hydrogen-bond acceptors (Lipinski definition) is 4. The number of rotatable bonds is 6. The fourth-order valence-corrected chi connectivity index (χ4v) is 5.53. The van der Waals surface area contributed by atoms with Crippen molar-refractivity contribution in [1.29, 1.82) is 0 Å². The van der Waals surface area contributed by atoms with E-state index in [9.17, 15) is 4.39 Å². The van der Waals surface area contributed by atoms with Crippen molar-refractivity contribution in [2.24, 2.45) is 17.8 Å². The predicted octanol–water partition coefficient (Wildman–Crippen LogP) is 4.54. The highest BCUT2D eigenvalue weighted by Gasteiger charge is 2.55. The lowest BCUT2D eigenvalue weighted by Crippen LogP contribution is -2.34. The molecule has 2 heterocycles. The van der Waals surface area contributed by atoms with Crippen LogP contribution < -0.4 is 5.32 Å². The second-order valence-corrected chi connectivity index (χ2v) is 9.40. The van der Waals surface area contributed by atoms with Crippen molar-refractivity contribution in [3.8, 4) is 11.3 Å². The van der Waals surface area contributed by atoms with Gasteiger partial charge in [0.05, 0.1) is 16.4 Å². The number of nitrogens with one attached hydrogen (secondary N) is 1. The lowest BCUT2D eigenvalue weighted by atomic mass is 9.89. The van der Waals surface area contributed by atoms with E-state index in [1.807, 2.05) is 12.1 Å². The first-order valence-electron chi connectivity index (χ1n) is 10.9. The predicted molar refractivity (Wildman–Crippen MR) is 113 cm³/mol. The Bertz CT molecular complexity index is 840. The Morgan fingerprint density at radius 1 is 1.03 bits per heavy atom. The second kappa shape index (κ2) is 8.29. The molecule has 2 saturated carbocycles. The van der Waals surface area contributed by atoms with Crippen molar-refractivity contribution < 1.29 is 4.39 Å². The Labute approximate surface area is 176 Å². The van der Waals surface area contributed by atoms with Gasteiger partial charge in [-0.3, -0.25) is 0 Å². The molecule has 0 unspecified atom stereocenters. The maximum absolute atomic E-state index is 13.5. The van der Waals surface area contributed by atoms with Crippen LogP contribution >= 0.6 is 11.6 Å². The van der Waals surface area contributed by atoms with Gasteiger partial charge in [0.2, 0.25) is 0 Å². The van der Waals surface area contributed by atoms with Gasteiger partial charge in [-0.1, -0.05) is 30.9 Å². The van der Waals surface area contributed by atoms with Crippen LogP contribution in [0.3, 0.4) is 0 Å². The summed E-state index contributed by atoms with van der Waals surface area (Å²) in [6, 6.07) is 8.73. The molecule has 2 aliphatic carbocycles. The Kier molecular flexibility index (Phi) is 5.55. The number of benzene rings is 1. The fourth-order valence-electron chi connectivity index (χ4n) is 5.31. The quantitative estimate of drug-likeness (QED) is 0.753. The van der Waals surface area contributed by atoms with Gasteiger partial charge < -0.3 is 10.2 Å². The largest absolute Gasteiger partial charge is 0.308 e. The number of likely N-dealkylation sites (tertiary alicyclic amines) is 1. The average Bonchev–Trinajstić information content (AvgIpc) is 3.20. The number of aromatic nitrogens is 2. The minimum Gasteiger partial charge on any atom is -0.308 e. The molecular formula is C23H28ClFN4. The molecule has 0 bridgehead atoms. The fraction of sp³-hybridized carbons (Fsp3) is 0.565. The summed E-state index contributed by atoms with van der Waals surface area (Å²) >= 11 is 6.16. The highest BCUT2D eigenvalue weighted by atomic mass is 35.5. The van der Waals surface area contributed by atoms with Crippen LogP contribution in [0.15, 0.2) is 30.3 Å². The van der Waals surface area contributed by atoms with E-state index in [2.05, 4.69) is 20.4 Å². The molecule has 2 aromatic rings. The molecule has 1 N–H and O–H groups in total. The van der Waals surface area contributed by atoms with Crippen LogP contribution in [-0.2, 0) is 6.54 Å². The van der Waals surface area contributed by atoms with E-state index >= 15 is 0 Å². The molecule has 1 aromatic heterocycles. The minimum absolute atomic E-state index is 0.324. The van der Waals surface area contributed by atoms with Crippen LogP contribution in [0.2, 0.25) is 5.02 Å². The monoisotopic (exact) mass is 414 g/mol. The Morgan fingerprint density at radius 2 is 1.83 bits per heavy atom. The first-order chi connectivity index (χ1) is 14.2. The Morgan fingerprint density at radius 3 is 2.55 bits per heavy atom. The van der Waals surface area contributed by atoms with E-state index in [0.29, 0.717) is 22.3 Å². The molecule has 29 heavy (non-hydrogen) atoms. The average molecular weight is 415 g/mol. The number of nitrogens with zero attached hydrogens (tertiary/aromatic N) is 3. The Hall–Kier alpha value is -1.56. The topological polar surface area (TPSA) is 41.0 Å². The zero-order valence-electron chi connectivity index (χ0n) is 16.7. The van der Waals surface area contributed by atoms with Crippen molar-refractivity contribution in [1.82, 2.24) is 20.4 Å². The van der Waals surface area contributed by atoms with Crippen molar-refractivity contribution in [3.05, 3.63) is 46.9 Å². The summed E-state index contributed by atoms with van der Waals surface area (Å²) in [7, 11) is 0. The standard InChI is InChI=1S/C23H28ClFN4/c24-21-8-6-16(25)10-18(21)22-9-7-17(27-28-22)11-26-23-19-13-29(14-20(19)23)12-15-4-2-1-3-5-15/h6-10,15,19-20,23,26H,1-5,11-14H2/t19-,20+,23+. The molecule has 3 aliphatic rings. The minimum atomic E-state index is -0.324. The maximum Gasteiger partial charge on any atom is 0.123 e. The lowest BCUT2D eigenvalue weighted by Gasteiger charge is -2.28. The first kappa shape index (κ1) is 19.4. The highest BCUT2D eigenvalue weighted by Crippen LogP contribution is 2.46. The summed E-state index contributed by atoms with van der Waals surface area (Å²) in [5.41, 5.74) is 2.08. The van der Waals surface area contributed by atoms with Gasteiger partial charge in [-0.2, -0.15) is 10.2 Å². The molecule has 3 fully saturated rings. The van der Waals surface area contributed by atoms with E-state index in [1.54, 1.807) is 6.07 Å². The SMILES string of the molecule is Fc1ccc(Cl)c(-c2ccc(CN[C@H]3[C@@H]4CN(CC5CCCCC5)C[C@@H]43)nn2)c1. The third-order valence-electron chi connectivity index (χ3n) is 6.95. The molecule has 6 heteroatoms. The Balaban J connectivity index is 1.10. The van der Waals surface area contributed by atoms with E-state index in [-0.39, 0.29) is 5.82 Å². The summed E-state index contributed by atoms with van der Waals surface area (Å²) in [5, 5.41) is 12.7. The van der Waals surface area contributed by atoms with E-state index in [1.165, 1.54) is 63.9 Å². The lowest BCUT2D eigenvalue weighted by molar-refractivity contribution is 0.211. The van der Waals surface area contributed by atoms with Gasteiger partial charge in [0.25, 0.3) is 0 Å². The van der Waals surface area contributed by atoms with Gasteiger partial charge in [-0.05, 0) is 60.9 Å². The van der Waals surface area contributed by atoms with Crippen molar-refractivity contribution in [2.75, 3.05) is 19.6 Å². The number of fused-ring (bicyclic) bond motifs is 1.